The van der Waals surface area contributed by atoms with Crippen molar-refractivity contribution in [3.05, 3.63) is 54.1 Å². The topological polar surface area (TPSA) is 130 Å². The monoisotopic (exact) mass is 371 g/mol. The van der Waals surface area contributed by atoms with Crippen molar-refractivity contribution >= 4 is 29.3 Å². The zero-order valence-corrected chi connectivity index (χ0v) is 14.1. The maximum atomic E-state index is 12.0. The number of hydrogen-bond acceptors (Lipinski definition) is 7. The smallest absolute Gasteiger partial charge is 0.335 e. The van der Waals surface area contributed by atoms with Crippen molar-refractivity contribution in [2.75, 3.05) is 11.1 Å². The number of hydrogen-bond donors (Lipinski definition) is 3. The van der Waals surface area contributed by atoms with Crippen molar-refractivity contribution in [3.63, 3.8) is 0 Å². The van der Waals surface area contributed by atoms with Gasteiger partial charge in [-0.15, -0.1) is 5.10 Å². The van der Waals surface area contributed by atoms with Crippen LogP contribution in [0.5, 0.6) is 5.75 Å². The van der Waals surface area contributed by atoms with Crippen LogP contribution in [0.3, 0.4) is 0 Å². The van der Waals surface area contributed by atoms with Gasteiger partial charge in [0.05, 0.1) is 17.0 Å². The first-order valence-corrected chi connectivity index (χ1v) is 8.35. The number of aromatic carboxylic acids is 1. The van der Waals surface area contributed by atoms with E-state index in [4.69, 9.17) is 5.11 Å². The molecule has 0 saturated heterocycles. The molecule has 0 saturated carbocycles. The number of thioether (sulfide) groups is 1. The Kier molecular flexibility index (Phi) is 5.13. The zero-order valence-electron chi connectivity index (χ0n) is 13.2. The number of aromatic nitrogens is 4. The Morgan fingerprint density at radius 1 is 1.15 bits per heavy atom. The number of tetrazole rings is 1. The summed E-state index contributed by atoms with van der Waals surface area (Å²) in [5, 5.41) is 32.7. The second-order valence-electron chi connectivity index (χ2n) is 5.11. The lowest BCUT2D eigenvalue weighted by atomic mass is 10.2. The van der Waals surface area contributed by atoms with Gasteiger partial charge < -0.3 is 15.5 Å². The molecule has 0 fully saturated rings. The molecule has 0 spiro atoms. The van der Waals surface area contributed by atoms with E-state index in [-0.39, 0.29) is 23.0 Å². The third-order valence-electron chi connectivity index (χ3n) is 3.26. The Bertz CT molecular complexity index is 942. The number of aromatic hydroxyl groups is 1. The minimum Gasteiger partial charge on any atom is -0.508 e. The van der Waals surface area contributed by atoms with Gasteiger partial charge in [-0.05, 0) is 46.8 Å². The molecule has 26 heavy (non-hydrogen) atoms. The van der Waals surface area contributed by atoms with Crippen LogP contribution in [0.25, 0.3) is 5.69 Å². The second kappa shape index (κ2) is 7.66. The Balaban J connectivity index is 1.65. The first-order chi connectivity index (χ1) is 12.5. The standard InChI is InChI=1S/C16H13N5O4S/c22-13-3-1-2-11(8-13)17-14(23)9-26-16-18-19-20-21(16)12-6-4-10(5-7-12)15(24)25/h1-8,22H,9H2,(H,17,23)(H,24,25). The van der Waals surface area contributed by atoms with Crippen LogP contribution in [-0.4, -0.2) is 48.0 Å². The maximum Gasteiger partial charge on any atom is 0.335 e. The van der Waals surface area contributed by atoms with E-state index in [2.05, 4.69) is 20.8 Å². The first-order valence-electron chi connectivity index (χ1n) is 7.37. The van der Waals surface area contributed by atoms with Crippen LogP contribution >= 0.6 is 11.8 Å². The zero-order chi connectivity index (χ0) is 18.5. The molecule has 3 aromatic rings. The van der Waals surface area contributed by atoms with E-state index in [0.29, 0.717) is 16.5 Å². The van der Waals surface area contributed by atoms with Crippen molar-refractivity contribution < 1.29 is 19.8 Å². The molecule has 1 aromatic heterocycles. The Morgan fingerprint density at radius 3 is 2.62 bits per heavy atom. The van der Waals surface area contributed by atoms with Crippen LogP contribution in [-0.2, 0) is 4.79 Å². The molecule has 1 amide bonds. The number of benzene rings is 2. The summed E-state index contributed by atoms with van der Waals surface area (Å²) in [7, 11) is 0. The summed E-state index contributed by atoms with van der Waals surface area (Å²) in [5.41, 5.74) is 1.22. The highest BCUT2D eigenvalue weighted by molar-refractivity contribution is 7.99. The number of carbonyl (C=O) groups excluding carboxylic acids is 1. The van der Waals surface area contributed by atoms with E-state index in [1.54, 1.807) is 24.3 Å². The number of amides is 1. The van der Waals surface area contributed by atoms with Crippen LogP contribution in [0.1, 0.15) is 10.4 Å². The highest BCUT2D eigenvalue weighted by Gasteiger charge is 2.12. The summed E-state index contributed by atoms with van der Waals surface area (Å²) >= 11 is 1.13. The summed E-state index contributed by atoms with van der Waals surface area (Å²) in [6.45, 7) is 0. The lowest BCUT2D eigenvalue weighted by Gasteiger charge is -2.06. The van der Waals surface area contributed by atoms with Crippen molar-refractivity contribution in [2.24, 2.45) is 0 Å². The molecule has 0 aliphatic heterocycles. The van der Waals surface area contributed by atoms with Gasteiger partial charge in [0, 0.05) is 11.8 Å². The molecule has 1 heterocycles. The van der Waals surface area contributed by atoms with Crippen molar-refractivity contribution in [1.29, 1.82) is 0 Å². The van der Waals surface area contributed by atoms with Gasteiger partial charge in [-0.3, -0.25) is 4.79 Å². The first kappa shape index (κ1) is 17.4. The van der Waals surface area contributed by atoms with E-state index in [0.717, 1.165) is 11.8 Å². The average Bonchev–Trinajstić information content (AvgIpc) is 3.08. The molecular formula is C16H13N5O4S. The number of nitrogens with zero attached hydrogens (tertiary/aromatic N) is 4. The van der Waals surface area contributed by atoms with Crippen molar-refractivity contribution in [1.82, 2.24) is 20.2 Å². The molecule has 9 nitrogen and oxygen atoms in total. The van der Waals surface area contributed by atoms with E-state index >= 15 is 0 Å². The van der Waals surface area contributed by atoms with Crippen LogP contribution in [0.15, 0.2) is 53.7 Å². The van der Waals surface area contributed by atoms with Crippen molar-refractivity contribution in [2.45, 2.75) is 5.16 Å². The number of carbonyl (C=O) groups is 2. The molecule has 3 rings (SSSR count). The number of rotatable bonds is 6. The third-order valence-corrected chi connectivity index (χ3v) is 4.18. The summed E-state index contributed by atoms with van der Waals surface area (Å²) in [4.78, 5) is 22.9. The Labute approximate surface area is 151 Å². The van der Waals surface area contributed by atoms with Gasteiger partial charge in [-0.1, -0.05) is 17.8 Å². The minimum atomic E-state index is -1.02. The Morgan fingerprint density at radius 2 is 1.92 bits per heavy atom. The van der Waals surface area contributed by atoms with E-state index in [1.165, 1.54) is 28.9 Å². The number of phenolic OH excluding ortho intramolecular Hbond substituents is 1. The molecule has 0 unspecified atom stereocenters. The Hall–Kier alpha value is -3.40. The van der Waals surface area contributed by atoms with Gasteiger partial charge in [0.2, 0.25) is 11.1 Å². The predicted molar refractivity (Wildman–Crippen MR) is 93.6 cm³/mol. The normalized spacial score (nSPS) is 10.5. The minimum absolute atomic E-state index is 0.0588. The molecule has 0 aliphatic carbocycles. The van der Waals surface area contributed by atoms with Gasteiger partial charge >= 0.3 is 5.97 Å². The maximum absolute atomic E-state index is 12.0. The van der Waals surface area contributed by atoms with E-state index in [1.807, 2.05) is 0 Å². The molecule has 0 radical (unpaired) electrons. The van der Waals surface area contributed by atoms with Gasteiger partial charge in [0.1, 0.15) is 5.75 Å². The fourth-order valence-electron chi connectivity index (χ4n) is 2.09. The van der Waals surface area contributed by atoms with Gasteiger partial charge in [-0.2, -0.15) is 4.68 Å². The molecular weight excluding hydrogens is 358 g/mol. The third kappa shape index (κ3) is 4.16. The second-order valence-corrected chi connectivity index (χ2v) is 6.05. The number of anilines is 1. The lowest BCUT2D eigenvalue weighted by molar-refractivity contribution is -0.113. The van der Waals surface area contributed by atoms with Crippen LogP contribution in [0, 0.1) is 0 Å². The number of phenols is 1. The molecule has 2 aromatic carbocycles. The molecule has 0 atom stereocenters. The highest BCUT2D eigenvalue weighted by Crippen LogP contribution is 2.20. The average molecular weight is 371 g/mol. The quantitative estimate of drug-likeness (QED) is 0.559. The largest absolute Gasteiger partial charge is 0.508 e. The molecule has 0 aliphatic rings. The predicted octanol–water partition coefficient (Wildman–Crippen LogP) is 1.80. The fraction of sp³-hybridized carbons (Fsp3) is 0.0625. The molecule has 0 bridgehead atoms. The van der Waals surface area contributed by atoms with Gasteiger partial charge in [0.15, 0.2) is 0 Å². The highest BCUT2D eigenvalue weighted by atomic mass is 32.2. The number of carboxylic acids is 1. The summed E-state index contributed by atoms with van der Waals surface area (Å²) in [6.07, 6.45) is 0. The number of nitrogens with one attached hydrogen (secondary N) is 1. The SMILES string of the molecule is O=C(CSc1nnnn1-c1ccc(C(=O)O)cc1)Nc1cccc(O)c1. The van der Waals surface area contributed by atoms with E-state index in [9.17, 15) is 14.7 Å². The fourth-order valence-corrected chi connectivity index (χ4v) is 2.78. The number of carboxylic acid groups (broad SMARTS) is 1. The van der Waals surface area contributed by atoms with Crippen LogP contribution in [0.4, 0.5) is 5.69 Å². The summed E-state index contributed by atoms with van der Waals surface area (Å²) in [5.74, 6) is -1.18. The summed E-state index contributed by atoms with van der Waals surface area (Å²) in [6, 6.07) is 12.3. The summed E-state index contributed by atoms with van der Waals surface area (Å²) < 4.78 is 1.41. The van der Waals surface area contributed by atoms with Crippen LogP contribution < -0.4 is 5.32 Å². The van der Waals surface area contributed by atoms with Gasteiger partial charge in [0.25, 0.3) is 0 Å². The van der Waals surface area contributed by atoms with Crippen molar-refractivity contribution in [3.8, 4) is 11.4 Å². The molecule has 10 heteroatoms. The van der Waals surface area contributed by atoms with Crippen LogP contribution in [0.2, 0.25) is 0 Å². The van der Waals surface area contributed by atoms with E-state index < -0.39 is 5.97 Å². The molecule has 3 N–H and O–H groups in total. The lowest BCUT2D eigenvalue weighted by Crippen LogP contribution is -2.14. The van der Waals surface area contributed by atoms with Gasteiger partial charge in [-0.25, -0.2) is 4.79 Å². The molecule has 132 valence electrons.